The summed E-state index contributed by atoms with van der Waals surface area (Å²) in [5.41, 5.74) is 1.52. The zero-order chi connectivity index (χ0) is 31.3. The molecule has 2 aromatic carbocycles. The maximum atomic E-state index is 13.2. The normalized spacial score (nSPS) is 12.6. The fourth-order valence-electron chi connectivity index (χ4n) is 4.31. The van der Waals surface area contributed by atoms with Crippen LogP contribution in [0.25, 0.3) is 22.2 Å². The monoisotopic (exact) mass is 630 g/mol. The van der Waals surface area contributed by atoms with Crippen molar-refractivity contribution in [3.63, 3.8) is 0 Å². The summed E-state index contributed by atoms with van der Waals surface area (Å²) in [5.74, 6) is -0.976. The number of carbonyl (C=O) groups is 2. The number of benzene rings is 2. The van der Waals surface area contributed by atoms with E-state index in [-0.39, 0.29) is 5.95 Å². The highest BCUT2D eigenvalue weighted by Crippen LogP contribution is 2.39. The molecule has 228 valence electrons. The smallest absolute Gasteiger partial charge is 0.270 e. The predicted molar refractivity (Wildman–Crippen MR) is 169 cm³/mol. The highest BCUT2D eigenvalue weighted by Gasteiger charge is 2.23. The molecule has 0 radical (unpaired) electrons. The first kappa shape index (κ1) is 31.8. The fourth-order valence-corrected chi connectivity index (χ4v) is 4.56. The van der Waals surface area contributed by atoms with Crippen LogP contribution in [0.4, 0.5) is 27.4 Å². The number of anilines is 4. The van der Waals surface area contributed by atoms with Crippen LogP contribution in [0, 0.1) is 0 Å². The molecule has 4 aromatic rings. The van der Waals surface area contributed by atoms with E-state index in [9.17, 15) is 14.0 Å². The molecule has 43 heavy (non-hydrogen) atoms. The molecule has 0 aliphatic heterocycles. The van der Waals surface area contributed by atoms with E-state index in [2.05, 4.69) is 30.9 Å². The lowest BCUT2D eigenvalue weighted by Gasteiger charge is -2.26. The summed E-state index contributed by atoms with van der Waals surface area (Å²) in [6.07, 6.45) is 3.34. The van der Waals surface area contributed by atoms with E-state index < -0.39 is 23.5 Å². The van der Waals surface area contributed by atoms with E-state index in [1.165, 1.54) is 20.2 Å². The van der Waals surface area contributed by atoms with Crippen LogP contribution in [0.2, 0.25) is 5.02 Å². The fraction of sp³-hybridized carbons (Fsp3) is 0.310. The Balaban J connectivity index is 1.70. The maximum Gasteiger partial charge on any atom is 0.270 e. The van der Waals surface area contributed by atoms with Crippen molar-refractivity contribution in [3.05, 3.63) is 53.8 Å². The van der Waals surface area contributed by atoms with Gasteiger partial charge < -0.3 is 35.5 Å². The van der Waals surface area contributed by atoms with Crippen molar-refractivity contribution >= 4 is 68.9 Å². The van der Waals surface area contributed by atoms with Crippen molar-refractivity contribution in [2.45, 2.75) is 18.6 Å². The molecule has 4 N–H and O–H groups in total. The molecule has 0 bridgehead atoms. The summed E-state index contributed by atoms with van der Waals surface area (Å²) in [4.78, 5) is 41.0. The number of methoxy groups -OCH3 is 1. The number of alkyl halides is 2. The summed E-state index contributed by atoms with van der Waals surface area (Å²) in [7, 11) is 7.32. The molecule has 4 rings (SSSR count). The molecule has 0 spiro atoms. The minimum Gasteiger partial charge on any atom is -0.494 e. The summed E-state index contributed by atoms with van der Waals surface area (Å²) in [6, 6.07) is 10.2. The van der Waals surface area contributed by atoms with E-state index in [0.717, 1.165) is 23.0 Å². The summed E-state index contributed by atoms with van der Waals surface area (Å²) in [5, 5.41) is 9.58. The number of aromatic nitrogens is 3. The number of para-hydroxylation sites is 1. The van der Waals surface area contributed by atoms with Crippen LogP contribution in [-0.2, 0) is 9.59 Å². The van der Waals surface area contributed by atoms with E-state index in [0.29, 0.717) is 40.1 Å². The molecule has 14 heteroatoms. The Labute approximate surface area is 258 Å². The average Bonchev–Trinajstić information content (AvgIpc) is 3.40. The molecule has 0 saturated heterocycles. The first-order chi connectivity index (χ1) is 20.5. The van der Waals surface area contributed by atoms with Crippen LogP contribution < -0.4 is 25.6 Å². The van der Waals surface area contributed by atoms with Crippen LogP contribution >= 0.6 is 23.2 Å². The first-order valence-electron chi connectivity index (χ1n) is 13.3. The number of hydrogen-bond acceptors (Lipinski definition) is 8. The van der Waals surface area contributed by atoms with Gasteiger partial charge >= 0.3 is 0 Å². The minimum absolute atomic E-state index is 0.241. The SMILES string of the molecule is COc1cc(N(C)CCN(C)C)c(NC(=O)[C@@H](C)NC(=O)C(F)Cl)cc1Nc1ncc(Cl)c(-c2c[nH]c3ccccc23)n1. The van der Waals surface area contributed by atoms with E-state index >= 15 is 0 Å². The second-order valence-corrected chi connectivity index (χ2v) is 10.9. The Morgan fingerprint density at radius 3 is 2.56 bits per heavy atom. The third-order valence-electron chi connectivity index (χ3n) is 6.65. The number of halogens is 3. The highest BCUT2D eigenvalue weighted by molar-refractivity contribution is 6.33. The van der Waals surface area contributed by atoms with Gasteiger partial charge in [0, 0.05) is 48.9 Å². The molecule has 1 unspecified atom stereocenters. The summed E-state index contributed by atoms with van der Waals surface area (Å²) in [6.45, 7) is 2.79. The third-order valence-corrected chi connectivity index (χ3v) is 7.13. The predicted octanol–water partition coefficient (Wildman–Crippen LogP) is 5.01. The molecule has 2 amide bonds. The molecule has 0 fully saturated rings. The van der Waals surface area contributed by atoms with Crippen molar-refractivity contribution < 1.29 is 18.7 Å². The van der Waals surface area contributed by atoms with Gasteiger partial charge in [-0.15, -0.1) is 0 Å². The van der Waals surface area contributed by atoms with E-state index in [4.69, 9.17) is 27.9 Å². The quantitative estimate of drug-likeness (QED) is 0.161. The van der Waals surface area contributed by atoms with Crippen molar-refractivity contribution in [2.24, 2.45) is 0 Å². The number of aromatic amines is 1. The Bertz CT molecular complexity index is 1610. The number of nitrogens with zero attached hydrogens (tertiary/aromatic N) is 4. The maximum absolute atomic E-state index is 13.2. The average molecular weight is 632 g/mol. The van der Waals surface area contributed by atoms with Gasteiger partial charge in [0.15, 0.2) is 0 Å². The standard InChI is InChI=1S/C29H33Cl2FN8O3/c1-16(35-28(42)26(31)32)27(41)36-21-12-22(24(43-5)13-23(21)40(4)11-10-39(2)3)37-29-34-15-19(30)25(38-29)18-14-33-20-9-7-6-8-17(18)20/h6-9,12-16,26,33H,10-11H2,1-5H3,(H,35,42)(H,36,41)(H,34,37,38)/t16-,26?/m1/s1. The molecule has 0 aliphatic carbocycles. The van der Waals surface area contributed by atoms with Crippen LogP contribution in [-0.4, -0.2) is 84.7 Å². The summed E-state index contributed by atoms with van der Waals surface area (Å²) >= 11 is 11.7. The van der Waals surface area contributed by atoms with Gasteiger partial charge in [-0.2, -0.15) is 0 Å². The second kappa shape index (κ2) is 13.9. The van der Waals surface area contributed by atoms with Crippen molar-refractivity contribution in [1.29, 1.82) is 0 Å². The van der Waals surface area contributed by atoms with Crippen molar-refractivity contribution in [3.8, 4) is 17.0 Å². The van der Waals surface area contributed by atoms with Crippen molar-refractivity contribution in [2.75, 3.05) is 56.9 Å². The number of ether oxygens (including phenoxy) is 1. The number of hydrogen-bond donors (Lipinski definition) is 4. The Morgan fingerprint density at radius 2 is 1.86 bits per heavy atom. The molecule has 2 aromatic heterocycles. The third kappa shape index (κ3) is 7.64. The lowest BCUT2D eigenvalue weighted by molar-refractivity contribution is -0.127. The lowest BCUT2D eigenvalue weighted by Crippen LogP contribution is -2.44. The Kier molecular flexibility index (Phi) is 10.3. The number of amides is 2. The van der Waals surface area contributed by atoms with Gasteiger partial charge in [0.2, 0.25) is 11.9 Å². The molecule has 11 nitrogen and oxygen atoms in total. The van der Waals surface area contributed by atoms with Gasteiger partial charge in [-0.3, -0.25) is 9.59 Å². The largest absolute Gasteiger partial charge is 0.494 e. The highest BCUT2D eigenvalue weighted by atomic mass is 35.5. The number of H-pyrrole nitrogens is 1. The van der Waals surface area contributed by atoms with E-state index in [1.807, 2.05) is 61.4 Å². The van der Waals surface area contributed by atoms with Crippen LogP contribution in [0.3, 0.4) is 0 Å². The molecular formula is C29H33Cl2FN8O3. The number of rotatable bonds is 12. The second-order valence-electron chi connectivity index (χ2n) is 10.1. The van der Waals surface area contributed by atoms with Gasteiger partial charge in [0.1, 0.15) is 11.8 Å². The van der Waals surface area contributed by atoms with Gasteiger partial charge in [-0.25, -0.2) is 14.4 Å². The summed E-state index contributed by atoms with van der Waals surface area (Å²) < 4.78 is 18.9. The number of carbonyl (C=O) groups excluding carboxylic acids is 2. The van der Waals surface area contributed by atoms with E-state index in [1.54, 1.807) is 12.1 Å². The van der Waals surface area contributed by atoms with Crippen LogP contribution in [0.1, 0.15) is 6.92 Å². The van der Waals surface area contributed by atoms with Crippen LogP contribution in [0.5, 0.6) is 5.75 Å². The molecular weight excluding hydrogens is 598 g/mol. The molecule has 2 atom stereocenters. The minimum atomic E-state index is -2.27. The van der Waals surface area contributed by atoms with Crippen molar-refractivity contribution in [1.82, 2.24) is 25.2 Å². The van der Waals surface area contributed by atoms with Gasteiger partial charge in [-0.05, 0) is 33.2 Å². The molecule has 0 aliphatic rings. The number of fused-ring (bicyclic) bond motifs is 1. The number of nitrogens with one attached hydrogen (secondary N) is 4. The Morgan fingerprint density at radius 1 is 1.12 bits per heavy atom. The van der Waals surface area contributed by atoms with Gasteiger partial charge in [-0.1, -0.05) is 41.4 Å². The number of likely N-dealkylation sites (N-methyl/N-ethyl adjacent to an activating group) is 2. The molecule has 0 saturated carbocycles. The topological polar surface area (TPSA) is 128 Å². The lowest BCUT2D eigenvalue weighted by atomic mass is 10.1. The zero-order valence-corrected chi connectivity index (χ0v) is 25.8. The zero-order valence-electron chi connectivity index (χ0n) is 24.3. The molecule has 2 heterocycles. The van der Waals surface area contributed by atoms with Gasteiger partial charge in [0.25, 0.3) is 11.5 Å². The Hall–Kier alpha value is -4.13. The van der Waals surface area contributed by atoms with Crippen LogP contribution in [0.15, 0.2) is 48.8 Å². The van der Waals surface area contributed by atoms with Gasteiger partial charge in [0.05, 0.1) is 41.1 Å². The first-order valence-corrected chi connectivity index (χ1v) is 14.1.